The van der Waals surface area contributed by atoms with Gasteiger partial charge in [0, 0.05) is 18.8 Å². The van der Waals surface area contributed by atoms with Crippen molar-refractivity contribution in [1.82, 2.24) is 4.90 Å². The molecule has 5 heteroatoms. The number of hydrogen-bond donors (Lipinski definition) is 0. The number of rotatable bonds is 5. The molecule has 0 heterocycles. The van der Waals surface area contributed by atoms with E-state index < -0.39 is 9.84 Å². The van der Waals surface area contributed by atoms with Crippen LogP contribution in [0, 0.1) is 0 Å². The third kappa shape index (κ3) is 3.52. The first-order valence-electron chi connectivity index (χ1n) is 6.94. The second-order valence-corrected chi connectivity index (χ2v) is 7.90. The highest BCUT2D eigenvalue weighted by Gasteiger charge is 2.36. The summed E-state index contributed by atoms with van der Waals surface area (Å²) in [4.78, 5) is 2.16. The van der Waals surface area contributed by atoms with Gasteiger partial charge in [-0.05, 0) is 37.6 Å². The van der Waals surface area contributed by atoms with Crippen molar-refractivity contribution in [2.45, 2.75) is 37.1 Å². The molecule has 2 atom stereocenters. The molecular formula is C15H23NO3S. The van der Waals surface area contributed by atoms with Crippen LogP contribution in [0.5, 0.6) is 5.75 Å². The molecule has 1 aromatic rings. The molecule has 0 bridgehead atoms. The van der Waals surface area contributed by atoms with Crippen molar-refractivity contribution in [1.29, 1.82) is 0 Å². The van der Waals surface area contributed by atoms with Crippen LogP contribution in [-0.4, -0.2) is 45.0 Å². The van der Waals surface area contributed by atoms with Gasteiger partial charge in [0.2, 0.25) is 0 Å². The highest BCUT2D eigenvalue weighted by Crippen LogP contribution is 2.29. The minimum absolute atomic E-state index is 0.121. The van der Waals surface area contributed by atoms with Gasteiger partial charge in [0.15, 0.2) is 9.84 Å². The minimum Gasteiger partial charge on any atom is -0.497 e. The van der Waals surface area contributed by atoms with Gasteiger partial charge in [-0.15, -0.1) is 0 Å². The minimum atomic E-state index is -2.97. The fourth-order valence-corrected chi connectivity index (χ4v) is 4.60. The van der Waals surface area contributed by atoms with E-state index in [0.717, 1.165) is 37.1 Å². The summed E-state index contributed by atoms with van der Waals surface area (Å²) in [5.74, 6) is 0.835. The van der Waals surface area contributed by atoms with E-state index in [0.29, 0.717) is 0 Å². The van der Waals surface area contributed by atoms with Gasteiger partial charge in [-0.25, -0.2) is 8.42 Å². The van der Waals surface area contributed by atoms with Crippen LogP contribution in [0.15, 0.2) is 24.3 Å². The summed E-state index contributed by atoms with van der Waals surface area (Å²) >= 11 is 0. The van der Waals surface area contributed by atoms with Crippen molar-refractivity contribution in [2.24, 2.45) is 0 Å². The Morgan fingerprint density at radius 1 is 1.35 bits per heavy atom. The lowest BCUT2D eigenvalue weighted by atomic mass is 10.1. The molecule has 2 rings (SSSR count). The number of nitrogens with zero attached hydrogens (tertiary/aromatic N) is 1. The maximum Gasteiger partial charge on any atom is 0.151 e. The van der Waals surface area contributed by atoms with Crippen LogP contribution < -0.4 is 4.74 Å². The molecule has 0 aliphatic heterocycles. The molecular weight excluding hydrogens is 274 g/mol. The molecule has 0 aromatic heterocycles. The van der Waals surface area contributed by atoms with Gasteiger partial charge in [0.1, 0.15) is 5.75 Å². The van der Waals surface area contributed by atoms with Gasteiger partial charge in [-0.1, -0.05) is 18.6 Å². The number of benzene rings is 1. The van der Waals surface area contributed by atoms with E-state index >= 15 is 0 Å². The second kappa shape index (κ2) is 6.14. The monoisotopic (exact) mass is 297 g/mol. The Morgan fingerprint density at radius 3 is 2.75 bits per heavy atom. The van der Waals surface area contributed by atoms with Crippen LogP contribution in [0.1, 0.15) is 24.8 Å². The number of ether oxygens (including phenoxy) is 1. The molecule has 0 spiro atoms. The zero-order chi connectivity index (χ0) is 14.8. The van der Waals surface area contributed by atoms with Crippen molar-refractivity contribution in [2.75, 3.05) is 20.4 Å². The van der Waals surface area contributed by atoms with E-state index in [9.17, 15) is 8.42 Å². The molecule has 1 aromatic carbocycles. The number of sulfone groups is 1. The maximum atomic E-state index is 11.9. The fraction of sp³-hybridized carbons (Fsp3) is 0.600. The van der Waals surface area contributed by atoms with Gasteiger partial charge < -0.3 is 4.74 Å². The topological polar surface area (TPSA) is 46.6 Å². The van der Waals surface area contributed by atoms with Crippen molar-refractivity contribution in [3.63, 3.8) is 0 Å². The fourth-order valence-electron chi connectivity index (χ4n) is 3.09. The standard InChI is InChI=1S/C15H23NO3S/c1-16(11-12-6-4-7-13(10-12)19-2)14-8-5-9-15(14)20(3,17)18/h4,6-7,10,14-15H,5,8-9,11H2,1-3H3/t14-,15-/m1/s1. The quantitative estimate of drug-likeness (QED) is 0.835. The Bertz CT molecular complexity index is 556. The predicted molar refractivity (Wildman–Crippen MR) is 80.7 cm³/mol. The van der Waals surface area contributed by atoms with Crippen molar-refractivity contribution < 1.29 is 13.2 Å². The second-order valence-electron chi connectivity index (χ2n) is 5.63. The van der Waals surface area contributed by atoms with Crippen LogP contribution in [0.4, 0.5) is 0 Å². The largest absolute Gasteiger partial charge is 0.497 e. The molecule has 1 aliphatic carbocycles. The van der Waals surface area contributed by atoms with Crippen molar-refractivity contribution >= 4 is 9.84 Å². The smallest absolute Gasteiger partial charge is 0.151 e. The van der Waals surface area contributed by atoms with Crippen LogP contribution in [0.2, 0.25) is 0 Å². The van der Waals surface area contributed by atoms with Crippen LogP contribution in [0.25, 0.3) is 0 Å². The summed E-state index contributed by atoms with van der Waals surface area (Å²) in [6.07, 6.45) is 4.09. The molecule has 0 radical (unpaired) electrons. The summed E-state index contributed by atoms with van der Waals surface area (Å²) in [5.41, 5.74) is 1.14. The van der Waals surface area contributed by atoms with Crippen LogP contribution in [0.3, 0.4) is 0 Å². The maximum absolute atomic E-state index is 11.9. The molecule has 1 saturated carbocycles. The van der Waals surface area contributed by atoms with E-state index in [1.807, 2.05) is 31.3 Å². The molecule has 1 fully saturated rings. The van der Waals surface area contributed by atoms with Crippen molar-refractivity contribution in [3.05, 3.63) is 29.8 Å². The summed E-state index contributed by atoms with van der Waals surface area (Å²) in [6, 6.07) is 8.05. The Morgan fingerprint density at radius 2 is 2.10 bits per heavy atom. The van der Waals surface area contributed by atoms with E-state index in [-0.39, 0.29) is 11.3 Å². The van der Waals surface area contributed by atoms with E-state index in [2.05, 4.69) is 4.90 Å². The molecule has 1 aliphatic rings. The van der Waals surface area contributed by atoms with E-state index in [1.165, 1.54) is 6.26 Å². The lowest BCUT2D eigenvalue weighted by Gasteiger charge is -2.28. The Labute approximate surface area is 121 Å². The Balaban J connectivity index is 2.09. The normalized spacial score (nSPS) is 23.2. The van der Waals surface area contributed by atoms with Crippen LogP contribution >= 0.6 is 0 Å². The zero-order valence-corrected chi connectivity index (χ0v) is 13.2. The third-order valence-electron chi connectivity index (χ3n) is 4.10. The molecule has 0 N–H and O–H groups in total. The molecule has 4 nitrogen and oxygen atoms in total. The molecule has 20 heavy (non-hydrogen) atoms. The molecule has 0 unspecified atom stereocenters. The zero-order valence-electron chi connectivity index (χ0n) is 12.4. The van der Waals surface area contributed by atoms with Crippen LogP contribution in [-0.2, 0) is 16.4 Å². The highest BCUT2D eigenvalue weighted by molar-refractivity contribution is 7.91. The average Bonchev–Trinajstić information content (AvgIpc) is 2.88. The first-order valence-corrected chi connectivity index (χ1v) is 8.89. The number of hydrogen-bond acceptors (Lipinski definition) is 4. The Hall–Kier alpha value is -1.07. The molecule has 0 amide bonds. The first kappa shape index (κ1) is 15.3. The number of methoxy groups -OCH3 is 1. The van der Waals surface area contributed by atoms with E-state index in [1.54, 1.807) is 7.11 Å². The molecule has 112 valence electrons. The highest BCUT2D eigenvalue weighted by atomic mass is 32.2. The average molecular weight is 297 g/mol. The summed E-state index contributed by atoms with van der Waals surface area (Å²) in [5, 5.41) is -0.224. The van der Waals surface area contributed by atoms with Gasteiger partial charge in [0.25, 0.3) is 0 Å². The Kier molecular flexibility index (Phi) is 4.70. The predicted octanol–water partition coefficient (Wildman–Crippen LogP) is 2.09. The first-order chi connectivity index (χ1) is 9.41. The lowest BCUT2D eigenvalue weighted by Crippen LogP contribution is -2.40. The summed E-state index contributed by atoms with van der Waals surface area (Å²) in [7, 11) is 0.692. The summed E-state index contributed by atoms with van der Waals surface area (Å²) in [6.45, 7) is 0.744. The van der Waals surface area contributed by atoms with Gasteiger partial charge in [-0.3, -0.25) is 4.90 Å². The van der Waals surface area contributed by atoms with Gasteiger partial charge in [0.05, 0.1) is 12.4 Å². The lowest BCUT2D eigenvalue weighted by molar-refractivity contribution is 0.238. The van der Waals surface area contributed by atoms with Crippen molar-refractivity contribution in [3.8, 4) is 5.75 Å². The molecule has 0 saturated heterocycles. The van der Waals surface area contributed by atoms with E-state index in [4.69, 9.17) is 4.74 Å². The third-order valence-corrected chi connectivity index (χ3v) is 5.75. The van der Waals surface area contributed by atoms with Gasteiger partial charge in [-0.2, -0.15) is 0 Å². The SMILES string of the molecule is COc1cccc(CN(C)[C@@H]2CCC[C@H]2S(C)(=O)=O)c1. The van der Waals surface area contributed by atoms with Gasteiger partial charge >= 0.3 is 0 Å². The summed E-state index contributed by atoms with van der Waals surface area (Å²) < 4.78 is 28.9.